The lowest BCUT2D eigenvalue weighted by Gasteiger charge is -2.38. The summed E-state index contributed by atoms with van der Waals surface area (Å²) in [5, 5.41) is 13.2. The highest BCUT2D eigenvalue weighted by atomic mass is 16.8. The molecule has 3 fully saturated rings. The van der Waals surface area contributed by atoms with E-state index in [-0.39, 0.29) is 18.3 Å². The van der Waals surface area contributed by atoms with Crippen molar-refractivity contribution in [3.63, 3.8) is 0 Å². The van der Waals surface area contributed by atoms with Gasteiger partial charge in [-0.25, -0.2) is 0 Å². The van der Waals surface area contributed by atoms with Gasteiger partial charge >= 0.3 is 0 Å². The molecule has 0 aromatic carbocycles. The Morgan fingerprint density at radius 1 is 1.21 bits per heavy atom. The largest absolute Gasteiger partial charge is 0.368 e. The molecule has 0 amide bonds. The molecule has 6 nitrogen and oxygen atoms in total. The van der Waals surface area contributed by atoms with Crippen LogP contribution in [-0.4, -0.2) is 73.1 Å². The molecule has 24 heavy (non-hydrogen) atoms. The quantitative estimate of drug-likeness (QED) is 0.810. The molecule has 0 radical (unpaired) electrons. The molecule has 0 aromatic heterocycles. The van der Waals surface area contributed by atoms with Crippen molar-refractivity contribution in [2.45, 2.75) is 77.8 Å². The molecule has 2 N–H and O–H groups in total. The van der Waals surface area contributed by atoms with Crippen molar-refractivity contribution in [3.05, 3.63) is 0 Å². The molecule has 3 aliphatic rings. The molecule has 0 aromatic rings. The Bertz CT molecular complexity index is 372. The highest BCUT2D eigenvalue weighted by Crippen LogP contribution is 2.36. The van der Waals surface area contributed by atoms with E-state index in [9.17, 15) is 5.11 Å². The number of hydrogen-bond acceptors (Lipinski definition) is 6. The van der Waals surface area contributed by atoms with Crippen molar-refractivity contribution >= 4 is 0 Å². The molecule has 142 valence electrons. The maximum atomic E-state index is 9.84. The van der Waals surface area contributed by atoms with Crippen molar-refractivity contribution in [2.24, 2.45) is 5.92 Å². The number of rotatable bonds is 3. The van der Waals surface area contributed by atoms with Gasteiger partial charge in [-0.15, -0.1) is 0 Å². The second-order valence-electron chi connectivity index (χ2n) is 7.86. The molecule has 0 bridgehead atoms. The van der Waals surface area contributed by atoms with E-state index in [1.54, 1.807) is 0 Å². The van der Waals surface area contributed by atoms with Crippen LogP contribution in [0.5, 0.6) is 0 Å². The van der Waals surface area contributed by atoms with E-state index in [1.807, 2.05) is 13.8 Å². The Labute approximate surface area is 146 Å². The zero-order chi connectivity index (χ0) is 17.7. The van der Waals surface area contributed by atoms with Crippen molar-refractivity contribution < 1.29 is 19.3 Å². The van der Waals surface area contributed by atoms with Crippen LogP contribution in [0.3, 0.4) is 0 Å². The standard InChI is InChI=1S/C13H24N2O4.C5H12/c1-13(2)18-9-7-11(16)17-10(12(9)19-13)8-15-5-3-14-4-6-15;1-4-5(2)3/h9-12,14,16H,3-8H2,1-2H3;5H,4H2,1-3H3. The molecule has 3 saturated heterocycles. The Morgan fingerprint density at radius 3 is 2.42 bits per heavy atom. The highest BCUT2D eigenvalue weighted by molar-refractivity contribution is 4.93. The lowest BCUT2D eigenvalue weighted by atomic mass is 10.0. The average Bonchev–Trinajstić information content (AvgIpc) is 2.83. The van der Waals surface area contributed by atoms with Crippen LogP contribution in [0.15, 0.2) is 0 Å². The summed E-state index contributed by atoms with van der Waals surface area (Å²) < 4.78 is 17.5. The molecule has 0 spiro atoms. The molecule has 3 rings (SSSR count). The van der Waals surface area contributed by atoms with Crippen molar-refractivity contribution in [3.8, 4) is 0 Å². The maximum Gasteiger partial charge on any atom is 0.163 e. The summed E-state index contributed by atoms with van der Waals surface area (Å²) >= 11 is 0. The van der Waals surface area contributed by atoms with Gasteiger partial charge in [-0.3, -0.25) is 4.90 Å². The van der Waals surface area contributed by atoms with E-state index >= 15 is 0 Å². The first kappa shape index (κ1) is 20.1. The Kier molecular flexibility index (Phi) is 7.46. The molecular weight excluding hydrogens is 308 g/mol. The van der Waals surface area contributed by atoms with Crippen molar-refractivity contribution in [1.29, 1.82) is 0 Å². The van der Waals surface area contributed by atoms with E-state index in [0.29, 0.717) is 6.42 Å². The van der Waals surface area contributed by atoms with Crippen LogP contribution in [0.4, 0.5) is 0 Å². The summed E-state index contributed by atoms with van der Waals surface area (Å²) in [5.74, 6) is 0.305. The lowest BCUT2D eigenvalue weighted by Crippen LogP contribution is -2.54. The Morgan fingerprint density at radius 2 is 1.83 bits per heavy atom. The zero-order valence-electron chi connectivity index (χ0n) is 16.0. The van der Waals surface area contributed by atoms with Gasteiger partial charge in [-0.2, -0.15) is 0 Å². The molecule has 4 atom stereocenters. The number of aliphatic hydroxyl groups excluding tert-OH is 1. The molecule has 4 unspecified atom stereocenters. The number of ether oxygens (including phenoxy) is 3. The monoisotopic (exact) mass is 344 g/mol. The van der Waals surface area contributed by atoms with Crippen LogP contribution in [0.1, 0.15) is 47.5 Å². The van der Waals surface area contributed by atoms with Gasteiger partial charge < -0.3 is 24.6 Å². The van der Waals surface area contributed by atoms with Crippen molar-refractivity contribution in [1.82, 2.24) is 10.2 Å². The number of piperazine rings is 1. The van der Waals surface area contributed by atoms with Gasteiger partial charge in [0.05, 0.1) is 6.10 Å². The topological polar surface area (TPSA) is 63.2 Å². The first-order valence-corrected chi connectivity index (χ1v) is 9.43. The number of nitrogens with zero attached hydrogens (tertiary/aromatic N) is 1. The van der Waals surface area contributed by atoms with Crippen LogP contribution in [0.2, 0.25) is 0 Å². The van der Waals surface area contributed by atoms with Gasteiger partial charge in [0.25, 0.3) is 0 Å². The van der Waals surface area contributed by atoms with E-state index in [4.69, 9.17) is 14.2 Å². The van der Waals surface area contributed by atoms with E-state index in [0.717, 1.165) is 38.6 Å². The predicted molar refractivity (Wildman–Crippen MR) is 93.8 cm³/mol. The third-order valence-electron chi connectivity index (χ3n) is 4.82. The fraction of sp³-hybridized carbons (Fsp3) is 1.00. The van der Waals surface area contributed by atoms with Crippen LogP contribution in [-0.2, 0) is 14.2 Å². The molecule has 0 aliphatic carbocycles. The first-order valence-electron chi connectivity index (χ1n) is 9.43. The Balaban J connectivity index is 0.000000368. The van der Waals surface area contributed by atoms with Gasteiger partial charge in [0.1, 0.15) is 12.2 Å². The second-order valence-corrected chi connectivity index (χ2v) is 7.86. The van der Waals surface area contributed by atoms with Gasteiger partial charge in [-0.1, -0.05) is 27.2 Å². The van der Waals surface area contributed by atoms with Crippen LogP contribution in [0, 0.1) is 5.92 Å². The van der Waals surface area contributed by atoms with Crippen molar-refractivity contribution in [2.75, 3.05) is 32.7 Å². The van der Waals surface area contributed by atoms with E-state index < -0.39 is 12.1 Å². The number of nitrogens with one attached hydrogen (secondary N) is 1. The molecule has 6 heteroatoms. The van der Waals surface area contributed by atoms with Crippen LogP contribution < -0.4 is 5.32 Å². The fourth-order valence-corrected chi connectivity index (χ4v) is 3.19. The lowest BCUT2D eigenvalue weighted by molar-refractivity contribution is -0.213. The molecule has 0 saturated carbocycles. The minimum atomic E-state index is -0.744. The Hall–Kier alpha value is -0.240. The predicted octanol–water partition coefficient (Wildman–Crippen LogP) is 1.57. The SMILES string of the molecule is CC1(C)OC2CC(O)OC(CN3CCNCC3)C2O1.CCC(C)C. The van der Waals surface area contributed by atoms with E-state index in [2.05, 4.69) is 31.0 Å². The second kappa shape index (κ2) is 8.92. The highest BCUT2D eigenvalue weighted by Gasteiger charge is 2.50. The van der Waals surface area contributed by atoms with Gasteiger partial charge in [0.2, 0.25) is 0 Å². The van der Waals surface area contributed by atoms with Gasteiger partial charge in [-0.05, 0) is 19.8 Å². The molecule has 3 heterocycles. The first-order chi connectivity index (χ1) is 11.3. The summed E-state index contributed by atoms with van der Waals surface area (Å²) in [4.78, 5) is 2.35. The summed E-state index contributed by atoms with van der Waals surface area (Å²) in [5.41, 5.74) is 0. The minimum Gasteiger partial charge on any atom is -0.368 e. The van der Waals surface area contributed by atoms with Crippen LogP contribution in [0.25, 0.3) is 0 Å². The third kappa shape index (κ3) is 5.93. The van der Waals surface area contributed by atoms with E-state index in [1.165, 1.54) is 6.42 Å². The molecular formula is C18H36N2O4. The minimum absolute atomic E-state index is 0.0633. The third-order valence-corrected chi connectivity index (χ3v) is 4.82. The summed E-state index contributed by atoms with van der Waals surface area (Å²) in [6.45, 7) is 15.3. The van der Waals surface area contributed by atoms with Gasteiger partial charge in [0, 0.05) is 39.1 Å². The number of hydrogen-bond donors (Lipinski definition) is 2. The zero-order valence-corrected chi connectivity index (χ0v) is 16.0. The van der Waals surface area contributed by atoms with Gasteiger partial charge in [0.15, 0.2) is 12.1 Å². The summed E-state index contributed by atoms with van der Waals surface area (Å²) in [6.07, 6.45) is 0.798. The summed E-state index contributed by atoms with van der Waals surface area (Å²) in [7, 11) is 0. The normalized spacial score (nSPS) is 36.1. The number of aliphatic hydroxyl groups is 1. The molecule has 3 aliphatic heterocycles. The average molecular weight is 344 g/mol. The number of fused-ring (bicyclic) bond motifs is 1. The summed E-state index contributed by atoms with van der Waals surface area (Å²) in [6, 6.07) is 0. The smallest absolute Gasteiger partial charge is 0.163 e. The van der Waals surface area contributed by atoms with Crippen LogP contribution >= 0.6 is 0 Å². The fourth-order valence-electron chi connectivity index (χ4n) is 3.19. The maximum absolute atomic E-state index is 9.84.